The molecule has 0 amide bonds. The van der Waals surface area contributed by atoms with E-state index in [4.69, 9.17) is 20.9 Å². The molecule has 4 nitrogen and oxygen atoms in total. The highest BCUT2D eigenvalue weighted by Gasteiger charge is 2.52. The summed E-state index contributed by atoms with van der Waals surface area (Å²) < 4.78 is 12.3. The average molecular weight is 350 g/mol. The van der Waals surface area contributed by atoms with Crippen molar-refractivity contribution in [2.24, 2.45) is 0 Å². The minimum Gasteiger partial charge on any atom is -0.400 e. The molecule has 1 N–H and O–H groups in total. The number of ketones is 1. The fraction of sp³-hybridized carbons (Fsp3) is 0.500. The molecule has 1 saturated heterocycles. The summed E-state index contributed by atoms with van der Waals surface area (Å²) in [6, 6.07) is 5.42. The van der Waals surface area contributed by atoms with Crippen LogP contribution >= 0.6 is 11.6 Å². The van der Waals surface area contributed by atoms with Gasteiger partial charge in [-0.1, -0.05) is 23.7 Å². The van der Waals surface area contributed by atoms with Gasteiger partial charge >= 0.3 is 7.12 Å². The molecular formula is C18H25BClNO3. The van der Waals surface area contributed by atoms with Crippen LogP contribution in [-0.4, -0.2) is 37.7 Å². The minimum absolute atomic E-state index is 0.0445. The maximum atomic E-state index is 11.5. The summed E-state index contributed by atoms with van der Waals surface area (Å²) in [4.78, 5) is 11.5. The van der Waals surface area contributed by atoms with Gasteiger partial charge in [0.05, 0.1) is 16.2 Å². The molecule has 2 rings (SSSR count). The molecule has 0 bridgehead atoms. The molecule has 24 heavy (non-hydrogen) atoms. The molecule has 0 atom stereocenters. The summed E-state index contributed by atoms with van der Waals surface area (Å²) in [6.07, 6.45) is 1.99. The molecule has 130 valence electrons. The Morgan fingerprint density at radius 1 is 1.25 bits per heavy atom. The number of Topliss-reactive ketones (excluding diaryl/α,β-unsaturated/α-hetero) is 1. The first kappa shape index (κ1) is 19.2. The van der Waals surface area contributed by atoms with Crippen LogP contribution in [-0.2, 0) is 9.31 Å². The van der Waals surface area contributed by atoms with Crippen LogP contribution < -0.4 is 5.32 Å². The molecule has 0 saturated carbocycles. The smallest absolute Gasteiger partial charge is 0.400 e. The number of hydrogen-bond donors (Lipinski definition) is 1. The van der Waals surface area contributed by atoms with E-state index >= 15 is 0 Å². The average Bonchev–Trinajstić information content (AvgIpc) is 2.66. The summed E-state index contributed by atoms with van der Waals surface area (Å²) >= 11 is 6.21. The number of benzene rings is 1. The van der Waals surface area contributed by atoms with Gasteiger partial charge in [-0.05, 0) is 64.8 Å². The van der Waals surface area contributed by atoms with Crippen LogP contribution in [0, 0.1) is 0 Å². The van der Waals surface area contributed by atoms with E-state index < -0.39 is 7.12 Å². The topological polar surface area (TPSA) is 47.6 Å². The third kappa shape index (κ3) is 3.91. The largest absolute Gasteiger partial charge is 0.491 e. The zero-order valence-corrected chi connectivity index (χ0v) is 16.0. The Balaban J connectivity index is 2.33. The van der Waals surface area contributed by atoms with E-state index in [1.165, 1.54) is 6.92 Å². The second-order valence-electron chi connectivity index (χ2n) is 7.13. The number of hydrogen-bond acceptors (Lipinski definition) is 4. The fourth-order valence-corrected chi connectivity index (χ4v) is 2.84. The van der Waals surface area contributed by atoms with E-state index in [9.17, 15) is 4.79 Å². The first-order valence-corrected chi connectivity index (χ1v) is 8.46. The molecule has 1 heterocycles. The maximum Gasteiger partial charge on any atom is 0.491 e. The Morgan fingerprint density at radius 3 is 2.29 bits per heavy atom. The molecule has 6 heteroatoms. The van der Waals surface area contributed by atoms with E-state index in [0.29, 0.717) is 17.1 Å². The number of carbonyl (C=O) groups excluding carboxylic acids is 1. The van der Waals surface area contributed by atoms with Gasteiger partial charge in [0.15, 0.2) is 5.78 Å². The van der Waals surface area contributed by atoms with E-state index in [0.717, 1.165) is 11.0 Å². The van der Waals surface area contributed by atoms with Gasteiger partial charge in [0, 0.05) is 12.1 Å². The molecule has 0 unspecified atom stereocenters. The van der Waals surface area contributed by atoms with E-state index in [1.54, 1.807) is 12.1 Å². The van der Waals surface area contributed by atoms with E-state index in [2.05, 4.69) is 5.32 Å². The van der Waals surface area contributed by atoms with Crippen LogP contribution in [0.2, 0.25) is 5.02 Å². The first-order chi connectivity index (χ1) is 11.1. The first-order valence-electron chi connectivity index (χ1n) is 8.08. The summed E-state index contributed by atoms with van der Waals surface area (Å²) in [5.74, 6) is -0.0445. The standard InChI is InChI=1S/C18H25BClNO3/c1-12(22)15-8-7-13(10-16(15)20)9-14(11-21-6)19-23-17(2,3)18(4,5)24-19/h7-10,21H,11H2,1-6H3. The predicted octanol–water partition coefficient (Wildman–Crippen LogP) is 3.78. The van der Waals surface area contributed by atoms with Crippen molar-refractivity contribution < 1.29 is 14.1 Å². The zero-order chi connectivity index (χ0) is 18.1. The Kier molecular flexibility index (Phi) is 5.60. The Bertz CT molecular complexity index is 654. The van der Waals surface area contributed by atoms with Gasteiger partial charge in [-0.3, -0.25) is 4.79 Å². The summed E-state index contributed by atoms with van der Waals surface area (Å²) in [7, 11) is 1.46. The highest BCUT2D eigenvalue weighted by Crippen LogP contribution is 2.38. The fourth-order valence-electron chi connectivity index (χ4n) is 2.52. The number of carbonyl (C=O) groups is 1. The van der Waals surface area contributed by atoms with E-state index in [1.807, 2.05) is 46.9 Å². The number of likely N-dealkylation sites (N-methyl/N-ethyl adjacent to an activating group) is 1. The zero-order valence-electron chi connectivity index (χ0n) is 15.2. The molecule has 0 aliphatic carbocycles. The second-order valence-corrected chi connectivity index (χ2v) is 7.54. The van der Waals surface area contributed by atoms with Gasteiger partial charge in [-0.2, -0.15) is 0 Å². The van der Waals surface area contributed by atoms with Crippen molar-refractivity contribution in [1.29, 1.82) is 0 Å². The number of rotatable bonds is 5. The molecule has 1 aromatic carbocycles. The molecule has 0 aromatic heterocycles. The molecule has 1 aliphatic heterocycles. The van der Waals surface area contributed by atoms with Crippen molar-refractivity contribution in [2.45, 2.75) is 45.8 Å². The third-order valence-corrected chi connectivity index (χ3v) is 4.97. The Labute approximate surface area is 149 Å². The van der Waals surface area contributed by atoms with Crippen LogP contribution in [0.15, 0.2) is 23.7 Å². The third-order valence-electron chi connectivity index (χ3n) is 4.66. The van der Waals surface area contributed by atoms with Crippen LogP contribution in [0.5, 0.6) is 0 Å². The quantitative estimate of drug-likeness (QED) is 0.649. The second kappa shape index (κ2) is 7.00. The van der Waals surface area contributed by atoms with Gasteiger partial charge in [0.1, 0.15) is 0 Å². The van der Waals surface area contributed by atoms with Crippen LogP contribution in [0.1, 0.15) is 50.5 Å². The lowest BCUT2D eigenvalue weighted by Crippen LogP contribution is -2.41. The summed E-state index contributed by atoms with van der Waals surface area (Å²) in [5.41, 5.74) is 1.63. The molecule has 1 aromatic rings. The summed E-state index contributed by atoms with van der Waals surface area (Å²) in [5, 5.41) is 3.60. The molecule has 0 radical (unpaired) electrons. The lowest BCUT2D eigenvalue weighted by atomic mass is 9.77. The van der Waals surface area contributed by atoms with Crippen molar-refractivity contribution in [1.82, 2.24) is 5.32 Å². The van der Waals surface area contributed by atoms with E-state index in [-0.39, 0.29) is 17.0 Å². The lowest BCUT2D eigenvalue weighted by Gasteiger charge is -2.32. The van der Waals surface area contributed by atoms with Gasteiger partial charge in [-0.25, -0.2) is 0 Å². The molecule has 1 fully saturated rings. The van der Waals surface area contributed by atoms with Gasteiger partial charge in [-0.15, -0.1) is 0 Å². The lowest BCUT2D eigenvalue weighted by molar-refractivity contribution is 0.00578. The van der Waals surface area contributed by atoms with Crippen LogP contribution in [0.25, 0.3) is 6.08 Å². The maximum absolute atomic E-state index is 11.5. The predicted molar refractivity (Wildman–Crippen MR) is 99.4 cm³/mol. The number of nitrogens with one attached hydrogen (secondary N) is 1. The molecule has 1 aliphatic rings. The van der Waals surface area contributed by atoms with Crippen molar-refractivity contribution in [2.75, 3.05) is 13.6 Å². The van der Waals surface area contributed by atoms with Crippen molar-refractivity contribution in [3.63, 3.8) is 0 Å². The highest BCUT2D eigenvalue weighted by molar-refractivity contribution is 6.56. The van der Waals surface area contributed by atoms with Gasteiger partial charge in [0.25, 0.3) is 0 Å². The Morgan fingerprint density at radius 2 is 1.83 bits per heavy atom. The minimum atomic E-state index is -0.422. The normalized spacial score (nSPS) is 19.6. The molecule has 0 spiro atoms. The van der Waals surface area contributed by atoms with Crippen molar-refractivity contribution in [3.8, 4) is 0 Å². The van der Waals surface area contributed by atoms with Crippen LogP contribution in [0.4, 0.5) is 0 Å². The number of halogens is 1. The van der Waals surface area contributed by atoms with Crippen LogP contribution in [0.3, 0.4) is 0 Å². The van der Waals surface area contributed by atoms with Gasteiger partial charge in [0.2, 0.25) is 0 Å². The Hall–Kier alpha value is -1.14. The van der Waals surface area contributed by atoms with Gasteiger partial charge < -0.3 is 14.6 Å². The monoisotopic (exact) mass is 349 g/mol. The van der Waals surface area contributed by atoms with Crippen molar-refractivity contribution >= 4 is 30.6 Å². The molecular weight excluding hydrogens is 324 g/mol. The SMILES string of the molecule is CNCC(=Cc1ccc(C(C)=O)c(Cl)c1)B1OC(C)(C)C(C)(C)O1. The highest BCUT2D eigenvalue weighted by atomic mass is 35.5. The van der Waals surface area contributed by atoms with Crippen molar-refractivity contribution in [3.05, 3.63) is 39.8 Å². The summed E-state index contributed by atoms with van der Waals surface area (Å²) in [6.45, 7) is 10.3.